The van der Waals surface area contributed by atoms with Gasteiger partial charge in [0.05, 0.1) is 17.6 Å². The summed E-state index contributed by atoms with van der Waals surface area (Å²) in [5.41, 5.74) is 0.0743. The number of anilines is 1. The van der Waals surface area contributed by atoms with Gasteiger partial charge in [-0.3, -0.25) is 4.79 Å². The van der Waals surface area contributed by atoms with Crippen LogP contribution in [0.25, 0.3) is 0 Å². The highest BCUT2D eigenvalue weighted by molar-refractivity contribution is 7.89. The number of benzene rings is 1. The number of carbonyl (C=O) groups excluding carboxylic acids is 2. The molecule has 12 heteroatoms. The average Bonchev–Trinajstić information content (AvgIpc) is 3.10. The van der Waals surface area contributed by atoms with Crippen LogP contribution in [0.15, 0.2) is 29.2 Å². The predicted octanol–water partition coefficient (Wildman–Crippen LogP) is 1.16. The van der Waals surface area contributed by atoms with Gasteiger partial charge >= 0.3 is 5.97 Å². The molecule has 0 aliphatic carbocycles. The minimum absolute atomic E-state index is 0.00388. The first-order valence-electron chi connectivity index (χ1n) is 7.66. The number of sulfonamides is 1. The van der Waals surface area contributed by atoms with Gasteiger partial charge in [0.25, 0.3) is 5.91 Å². The highest BCUT2D eigenvalue weighted by atomic mass is 32.2. The fourth-order valence-electron chi connectivity index (χ4n) is 1.89. The van der Waals surface area contributed by atoms with Gasteiger partial charge in [0.1, 0.15) is 0 Å². The van der Waals surface area contributed by atoms with Crippen molar-refractivity contribution >= 4 is 38.4 Å². The Hall–Kier alpha value is -2.88. The number of amides is 1. The van der Waals surface area contributed by atoms with Crippen molar-refractivity contribution in [3.8, 4) is 6.07 Å². The lowest BCUT2D eigenvalue weighted by atomic mass is 10.2. The van der Waals surface area contributed by atoms with Gasteiger partial charge in [-0.15, -0.1) is 5.10 Å². The Morgan fingerprint density at radius 2 is 2.00 bits per heavy atom. The first kappa shape index (κ1) is 20.4. The second-order valence-electron chi connectivity index (χ2n) is 4.96. The summed E-state index contributed by atoms with van der Waals surface area (Å²) in [6.45, 7) is 1.79. The van der Waals surface area contributed by atoms with Crippen molar-refractivity contribution in [1.82, 2.24) is 14.3 Å². The van der Waals surface area contributed by atoms with Crippen molar-refractivity contribution < 1.29 is 22.7 Å². The molecular formula is C15H15N5O5S2. The molecule has 1 heterocycles. The van der Waals surface area contributed by atoms with Crippen LogP contribution in [0.1, 0.15) is 34.2 Å². The lowest BCUT2D eigenvalue weighted by Crippen LogP contribution is -2.24. The first-order valence-corrected chi connectivity index (χ1v) is 9.92. The number of esters is 1. The van der Waals surface area contributed by atoms with Crippen LogP contribution in [0.4, 0.5) is 5.00 Å². The van der Waals surface area contributed by atoms with E-state index in [4.69, 9.17) is 10.00 Å². The Morgan fingerprint density at radius 3 is 2.63 bits per heavy atom. The predicted molar refractivity (Wildman–Crippen MR) is 95.7 cm³/mol. The Balaban J connectivity index is 2.10. The van der Waals surface area contributed by atoms with Gasteiger partial charge in [0.15, 0.2) is 5.00 Å². The number of nitrogens with one attached hydrogen (secondary N) is 2. The molecular weight excluding hydrogens is 394 g/mol. The van der Waals surface area contributed by atoms with Crippen LogP contribution >= 0.6 is 11.5 Å². The van der Waals surface area contributed by atoms with Crippen molar-refractivity contribution in [2.45, 2.75) is 18.2 Å². The summed E-state index contributed by atoms with van der Waals surface area (Å²) < 4.78 is 34.8. The van der Waals surface area contributed by atoms with Crippen LogP contribution in [0.5, 0.6) is 0 Å². The van der Waals surface area contributed by atoms with Crippen LogP contribution in [0.3, 0.4) is 0 Å². The van der Waals surface area contributed by atoms with Crippen molar-refractivity contribution in [2.24, 2.45) is 0 Å². The molecule has 1 aromatic carbocycles. The Kier molecular flexibility index (Phi) is 6.94. The number of rotatable bonds is 8. The van der Waals surface area contributed by atoms with Crippen LogP contribution in [-0.4, -0.2) is 43.0 Å². The number of carbonyl (C=O) groups is 2. The molecule has 0 unspecified atom stereocenters. The zero-order valence-electron chi connectivity index (χ0n) is 14.1. The Labute approximate surface area is 159 Å². The molecule has 27 heavy (non-hydrogen) atoms. The zero-order valence-corrected chi connectivity index (χ0v) is 15.8. The van der Waals surface area contributed by atoms with E-state index in [1.54, 1.807) is 6.92 Å². The van der Waals surface area contributed by atoms with E-state index in [-0.39, 0.29) is 40.7 Å². The molecule has 1 amide bonds. The van der Waals surface area contributed by atoms with Gasteiger partial charge in [-0.05, 0) is 31.2 Å². The number of aromatic nitrogens is 2. The SMILES string of the molecule is CCOC(=O)c1nnsc1NC(=O)c1ccc(S(=O)(=O)NCCC#N)cc1. The summed E-state index contributed by atoms with van der Waals surface area (Å²) >= 11 is 0.819. The molecule has 0 atom stereocenters. The smallest absolute Gasteiger partial charge is 0.362 e. The fourth-order valence-corrected chi connectivity index (χ4v) is 3.48. The number of hydrogen-bond donors (Lipinski definition) is 2. The Bertz CT molecular complexity index is 963. The highest BCUT2D eigenvalue weighted by Crippen LogP contribution is 2.20. The number of nitrogens with zero attached hydrogens (tertiary/aromatic N) is 3. The third-order valence-corrected chi connectivity index (χ3v) is 5.26. The molecule has 0 aliphatic heterocycles. The minimum atomic E-state index is -3.76. The Morgan fingerprint density at radius 1 is 1.30 bits per heavy atom. The van der Waals surface area contributed by atoms with Crippen LogP contribution in [-0.2, 0) is 14.8 Å². The fraction of sp³-hybridized carbons (Fsp3) is 0.267. The van der Waals surface area contributed by atoms with E-state index in [0.717, 1.165) is 11.5 Å². The van der Waals surface area contributed by atoms with Gasteiger partial charge in [-0.2, -0.15) is 5.26 Å². The molecule has 0 fully saturated rings. The number of nitriles is 1. The molecule has 0 bridgehead atoms. The zero-order chi connectivity index (χ0) is 19.9. The van der Waals surface area contributed by atoms with E-state index in [9.17, 15) is 18.0 Å². The standard InChI is InChI=1S/C15H15N5O5S2/c1-2-25-15(22)12-14(26-20-19-12)18-13(21)10-4-6-11(7-5-10)27(23,24)17-9-3-8-16/h4-7,17H,2-3,9H2,1H3,(H,18,21). The van der Waals surface area contributed by atoms with Crippen LogP contribution < -0.4 is 10.0 Å². The quantitative estimate of drug-likeness (QED) is 0.487. The third kappa shape index (κ3) is 5.30. The van der Waals surface area contributed by atoms with Crippen molar-refractivity contribution in [3.63, 3.8) is 0 Å². The molecule has 1 aromatic heterocycles. The van der Waals surface area contributed by atoms with Crippen LogP contribution in [0.2, 0.25) is 0 Å². The van der Waals surface area contributed by atoms with Gasteiger partial charge in [0.2, 0.25) is 15.7 Å². The molecule has 0 spiro atoms. The topological polar surface area (TPSA) is 151 Å². The molecule has 0 saturated carbocycles. The number of hydrogen-bond acceptors (Lipinski definition) is 9. The van der Waals surface area contributed by atoms with E-state index in [0.29, 0.717) is 0 Å². The van der Waals surface area contributed by atoms with Crippen molar-refractivity contribution in [2.75, 3.05) is 18.5 Å². The summed E-state index contributed by atoms with van der Waals surface area (Å²) in [4.78, 5) is 24.0. The normalized spacial score (nSPS) is 10.8. The molecule has 2 N–H and O–H groups in total. The van der Waals surface area contributed by atoms with Gasteiger partial charge in [0, 0.05) is 30.1 Å². The number of ether oxygens (including phenoxy) is 1. The molecule has 2 aromatic rings. The van der Waals surface area contributed by atoms with Gasteiger partial charge in [-0.1, -0.05) is 4.49 Å². The summed E-state index contributed by atoms with van der Waals surface area (Å²) in [5, 5.41) is 14.7. The van der Waals surface area contributed by atoms with E-state index >= 15 is 0 Å². The summed E-state index contributed by atoms with van der Waals surface area (Å²) in [5.74, 6) is -1.26. The van der Waals surface area contributed by atoms with Crippen LogP contribution in [0, 0.1) is 11.3 Å². The minimum Gasteiger partial charge on any atom is -0.461 e. The first-order chi connectivity index (χ1) is 12.9. The molecule has 142 valence electrons. The summed E-state index contributed by atoms with van der Waals surface area (Å²) in [6.07, 6.45) is 0.0470. The maximum atomic E-state index is 12.3. The largest absolute Gasteiger partial charge is 0.461 e. The molecule has 0 saturated heterocycles. The average molecular weight is 409 g/mol. The van der Waals surface area contributed by atoms with E-state index in [1.165, 1.54) is 24.3 Å². The molecule has 2 rings (SSSR count). The molecule has 0 radical (unpaired) electrons. The maximum Gasteiger partial charge on any atom is 0.362 e. The second-order valence-corrected chi connectivity index (χ2v) is 7.48. The highest BCUT2D eigenvalue weighted by Gasteiger charge is 2.20. The second kappa shape index (κ2) is 9.17. The third-order valence-electron chi connectivity index (χ3n) is 3.14. The van der Waals surface area contributed by atoms with Gasteiger partial charge < -0.3 is 10.1 Å². The van der Waals surface area contributed by atoms with Crippen molar-refractivity contribution in [1.29, 1.82) is 5.26 Å². The summed E-state index contributed by atoms with van der Waals surface area (Å²) in [6, 6.07) is 7.02. The van der Waals surface area contributed by atoms with E-state index in [2.05, 4.69) is 19.6 Å². The van der Waals surface area contributed by atoms with Crippen molar-refractivity contribution in [3.05, 3.63) is 35.5 Å². The lowest BCUT2D eigenvalue weighted by molar-refractivity contribution is 0.0520. The summed E-state index contributed by atoms with van der Waals surface area (Å²) in [7, 11) is -3.76. The van der Waals surface area contributed by atoms with Gasteiger partial charge in [-0.25, -0.2) is 17.9 Å². The molecule has 0 aliphatic rings. The monoisotopic (exact) mass is 409 g/mol. The van der Waals surface area contributed by atoms with E-state index < -0.39 is 21.9 Å². The lowest BCUT2D eigenvalue weighted by Gasteiger charge is -2.07. The van der Waals surface area contributed by atoms with E-state index in [1.807, 2.05) is 6.07 Å². The molecule has 10 nitrogen and oxygen atoms in total. The maximum absolute atomic E-state index is 12.3.